The second-order valence-electron chi connectivity index (χ2n) is 4.81. The molecule has 3 aromatic rings. The van der Waals surface area contributed by atoms with Crippen molar-refractivity contribution in [3.05, 3.63) is 54.1 Å². The summed E-state index contributed by atoms with van der Waals surface area (Å²) in [5.74, 6) is 0.852. The van der Waals surface area contributed by atoms with Gasteiger partial charge in [-0.3, -0.25) is 4.79 Å². The zero-order chi connectivity index (χ0) is 16.8. The minimum atomic E-state index is -0.168. The van der Waals surface area contributed by atoms with Gasteiger partial charge in [0.25, 0.3) is 5.91 Å². The summed E-state index contributed by atoms with van der Waals surface area (Å²) in [6, 6.07) is 15.4. The van der Waals surface area contributed by atoms with E-state index >= 15 is 0 Å². The Labute approximate surface area is 147 Å². The number of carbonyl (C=O) groups is 1. The van der Waals surface area contributed by atoms with E-state index in [9.17, 15) is 4.79 Å². The Morgan fingerprint density at radius 1 is 1.33 bits per heavy atom. The van der Waals surface area contributed by atoms with Crippen LogP contribution in [0.15, 0.2) is 58.0 Å². The molecule has 122 valence electrons. The first kappa shape index (κ1) is 16.5. The first-order valence-corrected chi connectivity index (χ1v) is 8.99. The number of carbonyl (C=O) groups excluding carboxylic acids is 1. The van der Waals surface area contributed by atoms with Crippen molar-refractivity contribution in [1.29, 1.82) is 0 Å². The summed E-state index contributed by atoms with van der Waals surface area (Å²) in [6.07, 6.45) is 1.59. The lowest BCUT2D eigenvalue weighted by atomic mass is 10.2. The number of hydrazone groups is 1. The normalized spacial score (nSPS) is 11.0. The van der Waals surface area contributed by atoms with Gasteiger partial charge < -0.3 is 4.74 Å². The lowest BCUT2D eigenvalue weighted by Crippen LogP contribution is -2.19. The highest BCUT2D eigenvalue weighted by Crippen LogP contribution is 2.28. The average Bonchev–Trinajstić information content (AvgIpc) is 3.03. The molecule has 0 saturated heterocycles. The van der Waals surface area contributed by atoms with Gasteiger partial charge in [-0.1, -0.05) is 36.0 Å². The number of methoxy groups -OCH3 is 1. The standard InChI is InChI=1S/C17H15N3O2S2/c1-22-13-6-4-5-12(9-13)10-18-20-16(21)11-23-17-19-14-7-2-3-8-15(14)24-17/h2-10H,11H2,1H3,(H,20,21)/b18-10-. The van der Waals surface area contributed by atoms with Gasteiger partial charge in [-0.05, 0) is 29.8 Å². The van der Waals surface area contributed by atoms with Gasteiger partial charge in [0.1, 0.15) is 5.75 Å². The molecule has 0 aliphatic carbocycles. The number of ether oxygens (including phenoxy) is 1. The predicted octanol–water partition coefficient (Wildman–Crippen LogP) is 3.55. The monoisotopic (exact) mass is 357 g/mol. The number of benzene rings is 2. The molecular formula is C17H15N3O2S2. The molecule has 3 rings (SSSR count). The summed E-state index contributed by atoms with van der Waals surface area (Å²) in [5.41, 5.74) is 4.33. The first-order chi connectivity index (χ1) is 11.7. The number of thioether (sulfide) groups is 1. The van der Waals surface area contributed by atoms with E-state index in [0.29, 0.717) is 0 Å². The average molecular weight is 357 g/mol. The number of rotatable bonds is 6. The number of hydrogen-bond donors (Lipinski definition) is 1. The van der Waals surface area contributed by atoms with Gasteiger partial charge in [0.2, 0.25) is 0 Å². The van der Waals surface area contributed by atoms with Gasteiger partial charge in [-0.25, -0.2) is 10.4 Å². The number of para-hydroxylation sites is 1. The highest BCUT2D eigenvalue weighted by Gasteiger charge is 2.06. The Morgan fingerprint density at radius 2 is 2.21 bits per heavy atom. The van der Waals surface area contributed by atoms with Crippen LogP contribution in [0.4, 0.5) is 0 Å². The number of fused-ring (bicyclic) bond motifs is 1. The predicted molar refractivity (Wildman–Crippen MR) is 99.1 cm³/mol. The number of nitrogens with one attached hydrogen (secondary N) is 1. The zero-order valence-electron chi connectivity index (χ0n) is 12.9. The minimum absolute atomic E-state index is 0.168. The van der Waals surface area contributed by atoms with Crippen LogP contribution in [0.5, 0.6) is 5.75 Å². The van der Waals surface area contributed by atoms with Crippen molar-refractivity contribution in [2.24, 2.45) is 5.10 Å². The fraction of sp³-hybridized carbons (Fsp3) is 0.118. The molecule has 0 atom stereocenters. The summed E-state index contributed by atoms with van der Waals surface area (Å²) in [6.45, 7) is 0. The van der Waals surface area contributed by atoms with E-state index in [-0.39, 0.29) is 11.7 Å². The Kier molecular flexibility index (Phi) is 5.45. The maximum Gasteiger partial charge on any atom is 0.250 e. The third-order valence-corrected chi connectivity index (χ3v) is 5.28. The highest BCUT2D eigenvalue weighted by atomic mass is 32.2. The number of nitrogens with zero attached hydrogens (tertiary/aromatic N) is 2. The molecule has 1 amide bonds. The van der Waals surface area contributed by atoms with Crippen LogP contribution in [0.1, 0.15) is 5.56 Å². The summed E-state index contributed by atoms with van der Waals surface area (Å²) >= 11 is 2.99. The van der Waals surface area contributed by atoms with Crippen LogP contribution in [0.25, 0.3) is 10.2 Å². The van der Waals surface area contributed by atoms with Crippen molar-refractivity contribution < 1.29 is 9.53 Å². The van der Waals surface area contributed by atoms with Crippen LogP contribution in [0, 0.1) is 0 Å². The lowest BCUT2D eigenvalue weighted by molar-refractivity contribution is -0.118. The van der Waals surface area contributed by atoms with Crippen LogP contribution in [-0.4, -0.2) is 30.0 Å². The summed E-state index contributed by atoms with van der Waals surface area (Å²) < 4.78 is 7.14. The van der Waals surface area contributed by atoms with Gasteiger partial charge in [0.05, 0.1) is 29.3 Å². The molecule has 0 aliphatic rings. The molecule has 1 N–H and O–H groups in total. The first-order valence-electron chi connectivity index (χ1n) is 7.19. The number of amides is 1. The largest absolute Gasteiger partial charge is 0.497 e. The molecule has 7 heteroatoms. The summed E-state index contributed by atoms with van der Waals surface area (Å²) in [5, 5.41) is 3.96. The fourth-order valence-electron chi connectivity index (χ4n) is 1.97. The van der Waals surface area contributed by atoms with E-state index in [0.717, 1.165) is 25.9 Å². The molecule has 1 aromatic heterocycles. The van der Waals surface area contributed by atoms with Crippen molar-refractivity contribution >= 4 is 45.4 Å². The molecule has 24 heavy (non-hydrogen) atoms. The van der Waals surface area contributed by atoms with E-state index in [2.05, 4.69) is 15.5 Å². The smallest absolute Gasteiger partial charge is 0.250 e. The van der Waals surface area contributed by atoms with Crippen molar-refractivity contribution in [2.45, 2.75) is 4.34 Å². The van der Waals surface area contributed by atoms with Gasteiger partial charge in [0.15, 0.2) is 4.34 Å². The molecule has 0 aliphatic heterocycles. The van der Waals surface area contributed by atoms with Crippen LogP contribution in [0.2, 0.25) is 0 Å². The third-order valence-electron chi connectivity index (χ3n) is 3.10. The Hall–Kier alpha value is -2.38. The van der Waals surface area contributed by atoms with Gasteiger partial charge in [0, 0.05) is 0 Å². The SMILES string of the molecule is COc1cccc(/C=N\NC(=O)CSc2nc3ccccc3s2)c1. The maximum atomic E-state index is 11.9. The highest BCUT2D eigenvalue weighted by molar-refractivity contribution is 8.01. The number of hydrogen-bond acceptors (Lipinski definition) is 6. The van der Waals surface area contributed by atoms with Crippen LogP contribution >= 0.6 is 23.1 Å². The minimum Gasteiger partial charge on any atom is -0.497 e. The van der Waals surface area contributed by atoms with Crippen LogP contribution in [-0.2, 0) is 4.79 Å². The van der Waals surface area contributed by atoms with Crippen LogP contribution in [0.3, 0.4) is 0 Å². The topological polar surface area (TPSA) is 63.6 Å². The molecule has 0 unspecified atom stereocenters. The number of aromatic nitrogens is 1. The number of thiazole rings is 1. The molecule has 5 nitrogen and oxygen atoms in total. The summed E-state index contributed by atoms with van der Waals surface area (Å²) in [7, 11) is 1.61. The maximum absolute atomic E-state index is 11.9. The van der Waals surface area contributed by atoms with Gasteiger partial charge in [-0.2, -0.15) is 5.10 Å². The van der Waals surface area contributed by atoms with Crippen LogP contribution < -0.4 is 10.2 Å². The second kappa shape index (κ2) is 7.94. The van der Waals surface area contributed by atoms with E-state index < -0.39 is 0 Å². The van der Waals surface area contributed by atoms with Gasteiger partial charge >= 0.3 is 0 Å². The molecule has 0 saturated carbocycles. The molecule has 0 radical (unpaired) electrons. The van der Waals surface area contributed by atoms with E-state index in [1.54, 1.807) is 24.7 Å². The van der Waals surface area contributed by atoms with E-state index in [4.69, 9.17) is 4.74 Å². The van der Waals surface area contributed by atoms with Gasteiger partial charge in [-0.15, -0.1) is 11.3 Å². The molecule has 0 spiro atoms. The Morgan fingerprint density at radius 3 is 3.04 bits per heavy atom. The van der Waals surface area contributed by atoms with E-state index in [1.807, 2.05) is 48.5 Å². The molecular weight excluding hydrogens is 342 g/mol. The van der Waals surface area contributed by atoms with E-state index in [1.165, 1.54) is 11.8 Å². The molecule has 0 fully saturated rings. The molecule has 0 bridgehead atoms. The molecule has 1 heterocycles. The lowest BCUT2D eigenvalue weighted by Gasteiger charge is -2.00. The van der Waals surface area contributed by atoms with Crippen molar-refractivity contribution in [3.63, 3.8) is 0 Å². The van der Waals surface area contributed by atoms with Crippen molar-refractivity contribution in [3.8, 4) is 5.75 Å². The second-order valence-corrected chi connectivity index (χ2v) is 7.06. The quantitative estimate of drug-likeness (QED) is 0.416. The summed E-state index contributed by atoms with van der Waals surface area (Å²) in [4.78, 5) is 16.3. The van der Waals surface area contributed by atoms with Crippen molar-refractivity contribution in [1.82, 2.24) is 10.4 Å². The Balaban J connectivity index is 1.51. The van der Waals surface area contributed by atoms with Crippen molar-refractivity contribution in [2.75, 3.05) is 12.9 Å². The fourth-order valence-corrected chi connectivity index (χ4v) is 3.83. The Bertz CT molecular complexity index is 844. The molecule has 2 aromatic carbocycles. The zero-order valence-corrected chi connectivity index (χ0v) is 14.6. The third kappa shape index (κ3) is 4.33.